The van der Waals surface area contributed by atoms with E-state index in [1.54, 1.807) is 0 Å². The number of hydrogen-bond donors (Lipinski definition) is 0. The van der Waals surface area contributed by atoms with Crippen molar-refractivity contribution in [1.29, 1.82) is 0 Å². The molecular weight excluding hydrogens is 183 g/mol. The van der Waals surface area contributed by atoms with Crippen molar-refractivity contribution in [3.63, 3.8) is 0 Å². The zero-order valence-corrected chi connectivity index (χ0v) is 8.30. The van der Waals surface area contributed by atoms with Gasteiger partial charge in [-0.15, -0.1) is 0 Å². The van der Waals surface area contributed by atoms with Crippen LogP contribution in [0.5, 0.6) is 0 Å². The predicted molar refractivity (Wildman–Crippen MR) is 43.7 cm³/mol. The molecule has 12 heavy (non-hydrogen) atoms. The van der Waals surface area contributed by atoms with Crippen molar-refractivity contribution in [2.24, 2.45) is 0 Å². The smallest absolute Gasteiger partial charge is 0.309 e. The molecule has 0 aliphatic heterocycles. The fraction of sp³-hybridized carbons (Fsp3) is 0.667. The van der Waals surface area contributed by atoms with E-state index < -0.39 is 7.60 Å². The van der Waals surface area contributed by atoms with Crippen molar-refractivity contribution in [1.82, 2.24) is 0 Å². The van der Waals surface area contributed by atoms with Crippen LogP contribution < -0.4 is 0 Å². The Balaban J connectivity index is 4.14. The van der Waals surface area contributed by atoms with Crippen LogP contribution in [0.4, 0.5) is 0 Å². The molecule has 0 unspecified atom stereocenters. The Bertz CT molecular complexity index is 182. The van der Waals surface area contributed by atoms with E-state index in [4.69, 9.17) is 0 Å². The first-order chi connectivity index (χ1) is 5.60. The largest absolute Gasteiger partial charge is 0.358 e. The minimum atomic E-state index is -3.20. The van der Waals surface area contributed by atoms with Crippen molar-refractivity contribution in [3.05, 3.63) is 11.9 Å². The van der Waals surface area contributed by atoms with Gasteiger partial charge in [0.05, 0.1) is 12.4 Å². The van der Waals surface area contributed by atoms with Crippen LogP contribution in [0.1, 0.15) is 0 Å². The van der Waals surface area contributed by atoms with E-state index in [9.17, 15) is 4.57 Å². The Morgan fingerprint density at radius 1 is 1.33 bits per heavy atom. The van der Waals surface area contributed by atoms with Gasteiger partial charge in [0.1, 0.15) is 6.61 Å². The van der Waals surface area contributed by atoms with E-state index in [1.807, 2.05) is 0 Å². The Morgan fingerprint density at radius 3 is 2.17 bits per heavy atom. The fourth-order valence-electron chi connectivity index (χ4n) is 0.539. The highest BCUT2D eigenvalue weighted by molar-refractivity contribution is 7.58. The average Bonchev–Trinajstić information content (AvgIpc) is 2.12. The second-order valence-corrected chi connectivity index (χ2v) is 4.22. The summed E-state index contributed by atoms with van der Waals surface area (Å²) in [6, 6.07) is 0. The molecule has 72 valence electrons. The van der Waals surface area contributed by atoms with Crippen LogP contribution in [0.2, 0.25) is 0 Å². The number of rotatable bonds is 6. The van der Waals surface area contributed by atoms with Gasteiger partial charge in [0.2, 0.25) is 0 Å². The van der Waals surface area contributed by atoms with Crippen molar-refractivity contribution < 1.29 is 23.4 Å². The van der Waals surface area contributed by atoms with Gasteiger partial charge >= 0.3 is 7.60 Å². The average molecular weight is 196 g/mol. The van der Waals surface area contributed by atoms with Gasteiger partial charge in [-0.3, -0.25) is 4.57 Å². The molecule has 0 N–H and O–H groups in total. The molecule has 0 fully saturated rings. The third kappa shape index (κ3) is 3.05. The molecule has 0 rings (SSSR count). The number of hydrogen-bond acceptors (Lipinski definition) is 5. The van der Waals surface area contributed by atoms with Crippen LogP contribution in [-0.2, 0) is 23.4 Å². The molecule has 0 aliphatic carbocycles. The Kier molecular flexibility index (Phi) is 5.37. The molecule has 5 nitrogen and oxygen atoms in total. The molecule has 0 saturated carbocycles. The van der Waals surface area contributed by atoms with E-state index in [1.165, 1.54) is 21.3 Å². The lowest BCUT2D eigenvalue weighted by atomic mass is 10.7. The summed E-state index contributed by atoms with van der Waals surface area (Å²) < 4.78 is 20.8. The minimum Gasteiger partial charge on any atom is -0.309 e. The van der Waals surface area contributed by atoms with Crippen LogP contribution in [0, 0.1) is 0 Å². The first-order valence-electron chi connectivity index (χ1n) is 3.16. The maximum Gasteiger partial charge on any atom is 0.358 e. The van der Waals surface area contributed by atoms with Crippen LogP contribution >= 0.6 is 7.60 Å². The molecule has 0 atom stereocenters. The highest BCUT2D eigenvalue weighted by atomic mass is 31.2. The molecule has 0 radical (unpaired) electrons. The van der Waals surface area contributed by atoms with Gasteiger partial charge in [-0.1, -0.05) is 6.58 Å². The Hall–Kier alpha value is -0.190. The van der Waals surface area contributed by atoms with E-state index in [0.717, 1.165) is 0 Å². The van der Waals surface area contributed by atoms with E-state index in [-0.39, 0.29) is 11.9 Å². The van der Waals surface area contributed by atoms with Gasteiger partial charge < -0.3 is 9.05 Å². The molecule has 0 aromatic rings. The first kappa shape index (κ1) is 11.8. The summed E-state index contributed by atoms with van der Waals surface area (Å²) in [4.78, 5) is 8.82. The van der Waals surface area contributed by atoms with Crippen molar-refractivity contribution in [3.8, 4) is 0 Å². The summed E-state index contributed by atoms with van der Waals surface area (Å²) in [6.45, 7) is 3.47. The second-order valence-electron chi connectivity index (χ2n) is 1.86. The van der Waals surface area contributed by atoms with Crippen molar-refractivity contribution >= 4 is 7.60 Å². The maximum atomic E-state index is 11.5. The highest BCUT2D eigenvalue weighted by Crippen LogP contribution is 2.53. The van der Waals surface area contributed by atoms with Crippen LogP contribution in [0.15, 0.2) is 11.9 Å². The van der Waals surface area contributed by atoms with Gasteiger partial charge in [0, 0.05) is 14.2 Å². The molecule has 6 heteroatoms. The third-order valence-corrected chi connectivity index (χ3v) is 3.08. The first-order valence-corrected chi connectivity index (χ1v) is 4.70. The van der Waals surface area contributed by atoms with Crippen LogP contribution in [0.3, 0.4) is 0 Å². The maximum absolute atomic E-state index is 11.5. The second kappa shape index (κ2) is 5.45. The molecule has 0 heterocycles. The summed E-state index contributed by atoms with van der Waals surface area (Å²) in [5, 5.41) is 0.217. The molecular formula is C6H13O5P. The topological polar surface area (TPSA) is 54.0 Å². The molecule has 0 aromatic heterocycles. The molecule has 0 amide bonds. The Morgan fingerprint density at radius 2 is 1.83 bits per heavy atom. The fourth-order valence-corrected chi connectivity index (χ4v) is 1.42. The zero-order chi connectivity index (χ0) is 9.61. The molecule has 0 aliphatic rings. The Labute approximate surface area is 71.7 Å². The summed E-state index contributed by atoms with van der Waals surface area (Å²) in [5.41, 5.74) is 0. The highest BCUT2D eigenvalue weighted by Gasteiger charge is 2.25. The standard InChI is InChI=1S/C6H13O5P/c1-6(5-11-8-2)12(7,9-3)10-4/h1,5H2,2-4H3. The summed E-state index contributed by atoms with van der Waals surface area (Å²) in [6.07, 6.45) is 0. The summed E-state index contributed by atoms with van der Waals surface area (Å²) >= 11 is 0. The lowest BCUT2D eigenvalue weighted by molar-refractivity contribution is -0.264. The normalized spacial score (nSPS) is 11.6. The van der Waals surface area contributed by atoms with E-state index in [2.05, 4.69) is 25.4 Å². The quantitative estimate of drug-likeness (QED) is 0.366. The predicted octanol–water partition coefficient (Wildman–Crippen LogP) is 1.56. The molecule has 0 saturated heterocycles. The van der Waals surface area contributed by atoms with Crippen LogP contribution in [0.25, 0.3) is 0 Å². The molecule has 0 spiro atoms. The monoisotopic (exact) mass is 196 g/mol. The van der Waals surface area contributed by atoms with Crippen molar-refractivity contribution in [2.45, 2.75) is 0 Å². The van der Waals surface area contributed by atoms with Gasteiger partial charge in [0.25, 0.3) is 0 Å². The summed E-state index contributed by atoms with van der Waals surface area (Å²) in [5.74, 6) is 0. The molecule has 0 aromatic carbocycles. The SMILES string of the molecule is C=C(COOC)P(=O)(OC)OC. The zero-order valence-electron chi connectivity index (χ0n) is 7.40. The van der Waals surface area contributed by atoms with Gasteiger partial charge in [-0.25, -0.2) is 9.78 Å². The van der Waals surface area contributed by atoms with Gasteiger partial charge in [-0.05, 0) is 0 Å². The van der Waals surface area contributed by atoms with Crippen LogP contribution in [-0.4, -0.2) is 27.9 Å². The molecule has 0 bridgehead atoms. The third-order valence-electron chi connectivity index (χ3n) is 1.21. The lowest BCUT2D eigenvalue weighted by Gasteiger charge is -2.14. The van der Waals surface area contributed by atoms with Crippen molar-refractivity contribution in [2.75, 3.05) is 27.9 Å². The van der Waals surface area contributed by atoms with E-state index >= 15 is 0 Å². The lowest BCUT2D eigenvalue weighted by Crippen LogP contribution is -2.00. The van der Waals surface area contributed by atoms with Gasteiger partial charge in [0.15, 0.2) is 0 Å². The van der Waals surface area contributed by atoms with Gasteiger partial charge in [-0.2, -0.15) is 0 Å². The van der Waals surface area contributed by atoms with E-state index in [0.29, 0.717) is 0 Å². The minimum absolute atomic E-state index is 0.0184. The summed E-state index contributed by atoms with van der Waals surface area (Å²) in [7, 11) is 0.704.